The van der Waals surface area contributed by atoms with Crippen LogP contribution in [-0.4, -0.2) is 43.4 Å². The van der Waals surface area contributed by atoms with Crippen molar-refractivity contribution >= 4 is 24.2 Å². The zero-order valence-electron chi connectivity index (χ0n) is 16.3. The van der Waals surface area contributed by atoms with Crippen molar-refractivity contribution in [2.24, 2.45) is 23.5 Å². The van der Waals surface area contributed by atoms with Gasteiger partial charge < -0.3 is 16.0 Å². The molecule has 27 heavy (non-hydrogen) atoms. The quantitative estimate of drug-likeness (QED) is 0.807. The molecule has 0 aromatic heterocycles. The topological polar surface area (TPSA) is 75.4 Å². The highest BCUT2D eigenvalue weighted by molar-refractivity contribution is 5.94. The zero-order valence-corrected chi connectivity index (χ0v) is 17.1. The van der Waals surface area contributed by atoms with Gasteiger partial charge in [0.25, 0.3) is 5.91 Å². The lowest BCUT2D eigenvalue weighted by Gasteiger charge is -2.43. The Bertz CT molecular complexity index is 651. The maximum atomic E-state index is 12.6. The number of halogens is 1. The number of benzene rings is 1. The Labute approximate surface area is 168 Å². The van der Waals surface area contributed by atoms with Crippen LogP contribution in [0, 0.1) is 17.8 Å². The van der Waals surface area contributed by atoms with Crippen LogP contribution in [0.25, 0.3) is 0 Å². The van der Waals surface area contributed by atoms with Gasteiger partial charge in [-0.2, -0.15) is 0 Å². The molecule has 150 valence electrons. The summed E-state index contributed by atoms with van der Waals surface area (Å²) in [5.41, 5.74) is 8.08. The van der Waals surface area contributed by atoms with E-state index < -0.39 is 0 Å². The molecule has 3 rings (SSSR count). The van der Waals surface area contributed by atoms with Gasteiger partial charge in [-0.1, -0.05) is 18.6 Å². The molecule has 2 aliphatic carbocycles. The smallest absolute Gasteiger partial charge is 0.253 e. The van der Waals surface area contributed by atoms with Crippen LogP contribution in [0.5, 0.6) is 0 Å². The first-order valence-corrected chi connectivity index (χ1v) is 9.79. The van der Waals surface area contributed by atoms with Crippen molar-refractivity contribution in [3.8, 4) is 0 Å². The molecule has 0 spiro atoms. The van der Waals surface area contributed by atoms with Gasteiger partial charge in [-0.15, -0.1) is 12.4 Å². The second kappa shape index (κ2) is 9.56. The number of carbonyl (C=O) groups is 2. The van der Waals surface area contributed by atoms with E-state index in [0.29, 0.717) is 30.0 Å². The van der Waals surface area contributed by atoms with Crippen LogP contribution in [0.3, 0.4) is 0 Å². The molecule has 2 saturated carbocycles. The zero-order chi connectivity index (χ0) is 18.7. The predicted molar refractivity (Wildman–Crippen MR) is 110 cm³/mol. The van der Waals surface area contributed by atoms with E-state index in [1.165, 1.54) is 19.3 Å². The van der Waals surface area contributed by atoms with Gasteiger partial charge in [0.1, 0.15) is 0 Å². The molecule has 0 saturated heterocycles. The van der Waals surface area contributed by atoms with E-state index in [9.17, 15) is 9.59 Å². The third-order valence-electron chi connectivity index (χ3n) is 6.08. The van der Waals surface area contributed by atoms with Gasteiger partial charge in [0, 0.05) is 38.2 Å². The molecule has 0 radical (unpaired) electrons. The van der Waals surface area contributed by atoms with Crippen molar-refractivity contribution in [1.29, 1.82) is 0 Å². The SMILES string of the molecule is CN(C)C(=O)c1cccc(CCNC(=O)C2CC3CCCC(C2)C3N)c1.Cl. The summed E-state index contributed by atoms with van der Waals surface area (Å²) in [6, 6.07) is 7.94. The minimum atomic E-state index is 0. The molecule has 3 N–H and O–H groups in total. The predicted octanol–water partition coefficient (Wildman–Crippen LogP) is 2.62. The van der Waals surface area contributed by atoms with Crippen LogP contribution >= 0.6 is 12.4 Å². The lowest BCUT2D eigenvalue weighted by atomic mass is 9.65. The standard InChI is InChI=1S/C21H31N3O2.ClH/c1-24(2)21(26)17-8-3-5-14(11-17)9-10-23-20(25)18-12-15-6-4-7-16(13-18)19(15)22;/h3,5,8,11,15-16,18-19H,4,6-7,9-10,12-13,22H2,1-2H3,(H,23,25);1H. The summed E-state index contributed by atoms with van der Waals surface area (Å²) in [6.07, 6.45) is 6.23. The number of rotatable bonds is 5. The van der Waals surface area contributed by atoms with Gasteiger partial charge in [0.05, 0.1) is 0 Å². The molecule has 5 nitrogen and oxygen atoms in total. The highest BCUT2D eigenvalue weighted by atomic mass is 35.5. The number of carbonyl (C=O) groups excluding carboxylic acids is 2. The van der Waals surface area contributed by atoms with Crippen molar-refractivity contribution < 1.29 is 9.59 Å². The number of nitrogens with zero attached hydrogens (tertiary/aromatic N) is 1. The summed E-state index contributed by atoms with van der Waals surface area (Å²) < 4.78 is 0. The molecule has 1 aromatic rings. The molecule has 2 fully saturated rings. The number of hydrogen-bond acceptors (Lipinski definition) is 3. The Morgan fingerprint density at radius 3 is 2.48 bits per heavy atom. The number of nitrogens with one attached hydrogen (secondary N) is 1. The van der Waals surface area contributed by atoms with Crippen LogP contribution < -0.4 is 11.1 Å². The van der Waals surface area contributed by atoms with E-state index in [2.05, 4.69) is 5.32 Å². The summed E-state index contributed by atoms with van der Waals surface area (Å²) in [4.78, 5) is 26.2. The van der Waals surface area contributed by atoms with Crippen molar-refractivity contribution in [2.45, 2.75) is 44.6 Å². The molecule has 2 atom stereocenters. The summed E-state index contributed by atoms with van der Waals surface area (Å²) >= 11 is 0. The van der Waals surface area contributed by atoms with Crippen molar-refractivity contribution in [3.05, 3.63) is 35.4 Å². The van der Waals surface area contributed by atoms with Gasteiger partial charge >= 0.3 is 0 Å². The molecule has 0 aliphatic heterocycles. The van der Waals surface area contributed by atoms with E-state index >= 15 is 0 Å². The highest BCUT2D eigenvalue weighted by Crippen LogP contribution is 2.41. The molecule has 1 aromatic carbocycles. The van der Waals surface area contributed by atoms with E-state index in [1.54, 1.807) is 19.0 Å². The minimum Gasteiger partial charge on any atom is -0.356 e. The third-order valence-corrected chi connectivity index (χ3v) is 6.08. The Morgan fingerprint density at radius 2 is 1.85 bits per heavy atom. The molecule has 0 heterocycles. The van der Waals surface area contributed by atoms with Gasteiger partial charge in [0.15, 0.2) is 0 Å². The average molecular weight is 394 g/mol. The average Bonchev–Trinajstić information content (AvgIpc) is 2.61. The highest BCUT2D eigenvalue weighted by Gasteiger charge is 2.40. The molecule has 2 bridgehead atoms. The molecular weight excluding hydrogens is 362 g/mol. The lowest BCUT2D eigenvalue weighted by molar-refractivity contribution is -0.127. The maximum absolute atomic E-state index is 12.6. The monoisotopic (exact) mass is 393 g/mol. The van der Waals surface area contributed by atoms with Crippen LogP contribution in [0.15, 0.2) is 24.3 Å². The minimum absolute atomic E-state index is 0. The van der Waals surface area contributed by atoms with Gasteiger partial charge in [-0.05, 0) is 61.6 Å². The Morgan fingerprint density at radius 1 is 1.19 bits per heavy atom. The second-order valence-electron chi connectivity index (χ2n) is 8.14. The van der Waals surface area contributed by atoms with E-state index in [4.69, 9.17) is 5.73 Å². The van der Waals surface area contributed by atoms with Crippen LogP contribution in [0.2, 0.25) is 0 Å². The van der Waals surface area contributed by atoms with Crippen molar-refractivity contribution in [3.63, 3.8) is 0 Å². The first kappa shape index (κ1) is 21.7. The van der Waals surface area contributed by atoms with Gasteiger partial charge in [0.2, 0.25) is 5.91 Å². The van der Waals surface area contributed by atoms with Crippen LogP contribution in [0.4, 0.5) is 0 Å². The third kappa shape index (κ3) is 5.23. The molecule has 6 heteroatoms. The van der Waals surface area contributed by atoms with Crippen molar-refractivity contribution in [2.75, 3.05) is 20.6 Å². The van der Waals surface area contributed by atoms with Crippen molar-refractivity contribution in [1.82, 2.24) is 10.2 Å². The lowest BCUT2D eigenvalue weighted by Crippen LogP contribution is -2.49. The fourth-order valence-corrected chi connectivity index (χ4v) is 4.60. The van der Waals surface area contributed by atoms with E-state index in [-0.39, 0.29) is 30.1 Å². The summed E-state index contributed by atoms with van der Waals surface area (Å²) in [5, 5.41) is 3.10. The Kier molecular flexibility index (Phi) is 7.68. The fraction of sp³-hybridized carbons (Fsp3) is 0.619. The number of hydrogen-bond donors (Lipinski definition) is 2. The van der Waals surface area contributed by atoms with Gasteiger partial charge in [-0.3, -0.25) is 9.59 Å². The first-order valence-electron chi connectivity index (χ1n) is 9.79. The largest absolute Gasteiger partial charge is 0.356 e. The maximum Gasteiger partial charge on any atom is 0.253 e. The summed E-state index contributed by atoms with van der Waals surface area (Å²) in [6.45, 7) is 0.607. The number of nitrogens with two attached hydrogens (primary N) is 1. The first-order chi connectivity index (χ1) is 12.5. The number of fused-ring (bicyclic) bond motifs is 2. The van der Waals surface area contributed by atoms with E-state index in [0.717, 1.165) is 24.8 Å². The second-order valence-corrected chi connectivity index (χ2v) is 8.14. The molecule has 2 amide bonds. The fourth-order valence-electron chi connectivity index (χ4n) is 4.60. The van der Waals surface area contributed by atoms with Crippen LogP contribution in [-0.2, 0) is 11.2 Å². The normalized spacial score (nSPS) is 26.6. The summed E-state index contributed by atoms with van der Waals surface area (Å²) in [7, 11) is 3.50. The molecule has 2 unspecified atom stereocenters. The Hall–Kier alpha value is -1.59. The van der Waals surface area contributed by atoms with Gasteiger partial charge in [-0.25, -0.2) is 0 Å². The van der Waals surface area contributed by atoms with Crippen LogP contribution in [0.1, 0.15) is 48.0 Å². The molecular formula is C21H32ClN3O2. The molecule has 2 aliphatic rings. The van der Waals surface area contributed by atoms with E-state index in [1.807, 2.05) is 24.3 Å². The Balaban J connectivity index is 0.00000261. The number of amides is 2. The summed E-state index contributed by atoms with van der Waals surface area (Å²) in [5.74, 6) is 1.33.